The van der Waals surface area contributed by atoms with Crippen LogP contribution in [0.5, 0.6) is 5.75 Å². The van der Waals surface area contributed by atoms with Crippen molar-refractivity contribution in [3.05, 3.63) is 29.1 Å². The number of rotatable bonds is 6. The van der Waals surface area contributed by atoms with E-state index >= 15 is 0 Å². The van der Waals surface area contributed by atoms with Crippen LogP contribution in [-0.2, 0) is 13.4 Å². The number of hydrogen-bond donors (Lipinski definition) is 0. The molecule has 3 aliphatic carbocycles. The van der Waals surface area contributed by atoms with Crippen LogP contribution in [0.25, 0.3) is 0 Å². The van der Waals surface area contributed by atoms with E-state index in [1.54, 1.807) is 0 Å². The number of fused-ring (bicyclic) bond motifs is 2. The molecule has 0 spiro atoms. The third kappa shape index (κ3) is 4.16. The standard InChI is InChI=1S/C17H16F8O4SSe/c1-16(2)6-3-8(16)7(9(4-6)31-29-30(26,27)17(23,24)25)5-28-15-13(21)11(19)10(18)12(20)14(15)22/h6-9H,3-5H2,1-2H3/t6-,7+,8+,9+/m1/s1. The molecule has 0 N–H and O–H groups in total. The quantitative estimate of drug-likeness (QED) is 0.170. The Balaban J connectivity index is 1.82. The van der Waals surface area contributed by atoms with Crippen LogP contribution >= 0.6 is 0 Å². The first kappa shape index (κ1) is 24.5. The van der Waals surface area contributed by atoms with E-state index in [0.717, 1.165) is 0 Å². The summed E-state index contributed by atoms with van der Waals surface area (Å²) < 4.78 is 137. The minimum atomic E-state index is -5.82. The summed E-state index contributed by atoms with van der Waals surface area (Å²) in [5.41, 5.74) is -5.92. The van der Waals surface area contributed by atoms with Gasteiger partial charge in [0.2, 0.25) is 0 Å². The van der Waals surface area contributed by atoms with E-state index in [1.165, 1.54) is 0 Å². The molecule has 1 aromatic rings. The molecule has 0 saturated heterocycles. The van der Waals surface area contributed by atoms with Crippen LogP contribution in [0.2, 0.25) is 4.82 Å². The Morgan fingerprint density at radius 2 is 1.48 bits per heavy atom. The van der Waals surface area contributed by atoms with Crippen LogP contribution in [0.3, 0.4) is 0 Å². The van der Waals surface area contributed by atoms with Gasteiger partial charge in [-0.3, -0.25) is 0 Å². The summed E-state index contributed by atoms with van der Waals surface area (Å²) in [7, 11) is -5.82. The molecule has 2 bridgehead atoms. The van der Waals surface area contributed by atoms with Gasteiger partial charge in [-0.1, -0.05) is 0 Å². The molecule has 3 aliphatic rings. The van der Waals surface area contributed by atoms with Crippen molar-refractivity contribution in [2.45, 2.75) is 37.0 Å². The van der Waals surface area contributed by atoms with E-state index in [2.05, 4.69) is 3.27 Å². The Morgan fingerprint density at radius 3 is 1.97 bits per heavy atom. The number of benzene rings is 1. The SMILES string of the molecule is CC1(C)[C@H]2C[C@H]([Se]OS(=O)(=O)C(F)(F)F)[C@@H](COc3c(F)c(F)c(F)c(F)c3F)[C@@H]1C2. The molecular formula is C17H16F8O4SSe. The summed E-state index contributed by atoms with van der Waals surface area (Å²) in [5, 5.41) is 0. The Hall–Kier alpha value is -1.11. The van der Waals surface area contributed by atoms with E-state index in [1.807, 2.05) is 13.8 Å². The molecule has 0 heterocycles. The first-order valence-corrected chi connectivity index (χ1v) is 12.0. The minimum absolute atomic E-state index is 0.0620. The molecule has 0 unspecified atom stereocenters. The van der Waals surface area contributed by atoms with Gasteiger partial charge in [0.05, 0.1) is 0 Å². The van der Waals surface area contributed by atoms with Crippen molar-refractivity contribution in [2.24, 2.45) is 23.2 Å². The maximum atomic E-state index is 13.9. The predicted molar refractivity (Wildman–Crippen MR) is 90.8 cm³/mol. The van der Waals surface area contributed by atoms with Crippen molar-refractivity contribution in [3.63, 3.8) is 0 Å². The van der Waals surface area contributed by atoms with E-state index in [-0.39, 0.29) is 23.7 Å². The summed E-state index contributed by atoms with van der Waals surface area (Å²) in [6, 6.07) is 0. The second-order valence-electron chi connectivity index (χ2n) is 8.07. The predicted octanol–water partition coefficient (Wildman–Crippen LogP) is 4.72. The van der Waals surface area contributed by atoms with Crippen molar-refractivity contribution in [1.82, 2.24) is 0 Å². The molecule has 3 saturated carbocycles. The van der Waals surface area contributed by atoms with Gasteiger partial charge in [-0.2, -0.15) is 0 Å². The molecule has 4 atom stereocenters. The van der Waals surface area contributed by atoms with E-state index in [9.17, 15) is 43.5 Å². The molecule has 1 aromatic carbocycles. The van der Waals surface area contributed by atoms with Gasteiger partial charge in [-0.25, -0.2) is 0 Å². The first-order chi connectivity index (χ1) is 14.1. The number of alkyl halides is 3. The second-order valence-corrected chi connectivity index (χ2v) is 12.1. The van der Waals surface area contributed by atoms with Gasteiger partial charge in [0.1, 0.15) is 0 Å². The van der Waals surface area contributed by atoms with Gasteiger partial charge >= 0.3 is 179 Å². The normalized spacial score (nSPS) is 27.7. The fraction of sp³-hybridized carbons (Fsp3) is 0.647. The van der Waals surface area contributed by atoms with Crippen molar-refractivity contribution >= 4 is 25.4 Å². The van der Waals surface area contributed by atoms with Crippen LogP contribution < -0.4 is 4.74 Å². The number of ether oxygens (including phenoxy) is 1. The zero-order valence-corrected chi connectivity index (χ0v) is 18.4. The summed E-state index contributed by atoms with van der Waals surface area (Å²) in [6.07, 6.45) is 0.888. The molecule has 0 aromatic heterocycles. The fourth-order valence-corrected chi connectivity index (χ4v) is 7.83. The fourth-order valence-electron chi connectivity index (χ4n) is 4.26. The first-order valence-electron chi connectivity index (χ1n) is 8.90. The van der Waals surface area contributed by atoms with Crippen LogP contribution in [0.1, 0.15) is 26.7 Å². The van der Waals surface area contributed by atoms with Gasteiger partial charge in [-0.05, 0) is 0 Å². The summed E-state index contributed by atoms with van der Waals surface area (Å²) in [6.45, 7) is 3.16. The second kappa shape index (κ2) is 8.03. The van der Waals surface area contributed by atoms with Crippen LogP contribution in [0.4, 0.5) is 35.1 Å². The topological polar surface area (TPSA) is 52.6 Å². The molecule has 0 aliphatic heterocycles. The monoisotopic (exact) mass is 548 g/mol. The zero-order valence-electron chi connectivity index (χ0n) is 15.9. The van der Waals surface area contributed by atoms with Crippen molar-refractivity contribution < 1.29 is 51.5 Å². The Labute approximate surface area is 178 Å². The van der Waals surface area contributed by atoms with E-state index in [4.69, 9.17) is 4.74 Å². The Morgan fingerprint density at radius 1 is 0.968 bits per heavy atom. The van der Waals surface area contributed by atoms with Gasteiger partial charge < -0.3 is 0 Å². The number of hydrogen-bond acceptors (Lipinski definition) is 4. The van der Waals surface area contributed by atoms with Crippen molar-refractivity contribution in [1.29, 1.82) is 0 Å². The molecule has 0 amide bonds. The summed E-state index contributed by atoms with van der Waals surface area (Å²) in [5.74, 6) is -13.4. The zero-order chi connectivity index (χ0) is 23.5. The molecule has 31 heavy (non-hydrogen) atoms. The third-order valence-corrected chi connectivity index (χ3v) is 10.3. The summed E-state index contributed by atoms with van der Waals surface area (Å²) in [4.78, 5) is -0.734. The average Bonchev–Trinajstić information content (AvgIpc) is 2.68. The molecule has 4 rings (SSSR count). The molecule has 4 nitrogen and oxygen atoms in total. The molecule has 14 heteroatoms. The van der Waals surface area contributed by atoms with E-state index in [0.29, 0.717) is 6.42 Å². The van der Waals surface area contributed by atoms with Crippen molar-refractivity contribution in [2.75, 3.05) is 6.61 Å². The Kier molecular flexibility index (Phi) is 6.36. The van der Waals surface area contributed by atoms with E-state index < -0.39 is 83.1 Å². The van der Waals surface area contributed by atoms with Gasteiger partial charge in [0, 0.05) is 0 Å². The van der Waals surface area contributed by atoms with Crippen LogP contribution in [0, 0.1) is 52.3 Å². The van der Waals surface area contributed by atoms with Crippen molar-refractivity contribution in [3.8, 4) is 5.75 Å². The maximum absolute atomic E-state index is 13.9. The van der Waals surface area contributed by atoms with Gasteiger partial charge in [0.25, 0.3) is 0 Å². The molecule has 3 fully saturated rings. The average molecular weight is 547 g/mol. The Bertz CT molecular complexity index is 952. The third-order valence-electron chi connectivity index (χ3n) is 6.18. The van der Waals surface area contributed by atoms with Gasteiger partial charge in [0.15, 0.2) is 0 Å². The van der Waals surface area contributed by atoms with Gasteiger partial charge in [-0.15, -0.1) is 0 Å². The number of halogens is 8. The van der Waals surface area contributed by atoms with Crippen LogP contribution in [0.15, 0.2) is 0 Å². The molecule has 176 valence electrons. The summed E-state index contributed by atoms with van der Waals surface area (Å²) >= 11 is -1.52. The molecular weight excluding hydrogens is 531 g/mol. The molecule has 0 radical (unpaired) electrons. The van der Waals surface area contributed by atoms with Crippen LogP contribution in [-0.4, -0.2) is 35.8 Å².